The average molecular weight is 373 g/mol. The molecule has 1 aliphatic rings. The number of ether oxygens (including phenoxy) is 1. The van der Waals surface area contributed by atoms with E-state index in [0.717, 1.165) is 25.7 Å². The summed E-state index contributed by atoms with van der Waals surface area (Å²) < 4.78 is 5.38. The smallest absolute Gasteiger partial charge is 0.222 e. The van der Waals surface area contributed by atoms with Gasteiger partial charge < -0.3 is 15.4 Å². The molecule has 6 heteroatoms. The molecule has 0 bridgehead atoms. The van der Waals surface area contributed by atoms with Crippen LogP contribution >= 0.6 is 0 Å². The second-order valence-corrected chi connectivity index (χ2v) is 7.50. The Morgan fingerprint density at radius 2 is 1.73 bits per heavy atom. The van der Waals surface area contributed by atoms with Gasteiger partial charge in [-0.25, -0.2) is 0 Å². The van der Waals surface area contributed by atoms with Gasteiger partial charge in [0.15, 0.2) is 0 Å². The fourth-order valence-corrected chi connectivity index (χ4v) is 3.17. The van der Waals surface area contributed by atoms with E-state index < -0.39 is 0 Å². The van der Waals surface area contributed by atoms with Crippen molar-refractivity contribution < 1.29 is 22.0 Å². The third-order valence-corrected chi connectivity index (χ3v) is 4.83. The Bertz CT molecular complexity index is 453. The molecule has 0 spiro atoms. The summed E-state index contributed by atoms with van der Waals surface area (Å²) in [5.41, 5.74) is 0. The molecule has 0 aromatic rings. The lowest BCUT2D eigenvalue weighted by atomic mass is 9.86. The Morgan fingerprint density at radius 1 is 1.04 bits per heavy atom. The molecule has 0 saturated heterocycles. The topological polar surface area (TPSA) is 84.5 Å². The van der Waals surface area contributed by atoms with Crippen LogP contribution in [-0.2, 0) is 19.1 Å². The minimum Gasteiger partial charge on any atom is -0.378 e. The summed E-state index contributed by atoms with van der Waals surface area (Å²) >= 11 is 0. The van der Waals surface area contributed by atoms with E-state index in [1.165, 1.54) is 0 Å². The number of amides is 2. The molecule has 1 aliphatic carbocycles. The lowest BCUT2D eigenvalue weighted by molar-refractivity contribution is -0.123. The van der Waals surface area contributed by atoms with Crippen molar-refractivity contribution >= 4 is 17.6 Å². The third kappa shape index (κ3) is 10.5. The van der Waals surface area contributed by atoms with Gasteiger partial charge in [-0.1, -0.05) is 6.92 Å². The van der Waals surface area contributed by atoms with Crippen molar-refractivity contribution in [2.24, 2.45) is 5.92 Å². The standard InChI is InChI=1S/C20H36N2O4.2H2/c1-4-18(23)6-5-7-20(25)22-17-10-8-16(9-11-17)14-21-19(24)12-13-26-15(2)3;;/h15-17H,4-14H2,1-3H3,(H,21,24)(H,22,25);2*1H. The summed E-state index contributed by atoms with van der Waals surface area (Å²) in [5.74, 6) is 0.801. The number of carbonyl (C=O) groups excluding carboxylic acids is 3. The zero-order chi connectivity index (χ0) is 19.4. The molecule has 0 aliphatic heterocycles. The largest absolute Gasteiger partial charge is 0.378 e. The fourth-order valence-electron chi connectivity index (χ4n) is 3.17. The van der Waals surface area contributed by atoms with Gasteiger partial charge in [0.25, 0.3) is 0 Å². The summed E-state index contributed by atoms with van der Waals surface area (Å²) in [4.78, 5) is 35.0. The quantitative estimate of drug-likeness (QED) is 0.551. The summed E-state index contributed by atoms with van der Waals surface area (Å²) in [6.07, 6.45) is 6.62. The Kier molecular flexibility index (Phi) is 11.2. The van der Waals surface area contributed by atoms with Gasteiger partial charge in [0.1, 0.15) is 5.78 Å². The highest BCUT2D eigenvalue weighted by molar-refractivity contribution is 5.80. The SMILES string of the molecule is CCC(=O)CCCC(=O)NC1CCC(CNC(=O)CCOC(C)C)CC1.[HH].[HH]. The molecule has 0 heterocycles. The maximum absolute atomic E-state index is 11.9. The summed E-state index contributed by atoms with van der Waals surface area (Å²) in [5, 5.41) is 6.07. The predicted octanol–water partition coefficient (Wildman–Crippen LogP) is 3.23. The summed E-state index contributed by atoms with van der Waals surface area (Å²) in [6, 6.07) is 0.232. The van der Waals surface area contributed by atoms with Crippen LogP contribution in [0.4, 0.5) is 0 Å². The molecule has 1 fully saturated rings. The first-order valence-electron chi connectivity index (χ1n) is 10.1. The van der Waals surface area contributed by atoms with E-state index in [2.05, 4.69) is 10.6 Å². The molecule has 2 amide bonds. The van der Waals surface area contributed by atoms with Crippen LogP contribution in [0.2, 0.25) is 0 Å². The van der Waals surface area contributed by atoms with Gasteiger partial charge in [0, 0.05) is 41.1 Å². The van der Waals surface area contributed by atoms with Crippen molar-refractivity contribution in [2.75, 3.05) is 13.2 Å². The highest BCUT2D eigenvalue weighted by Gasteiger charge is 2.22. The average Bonchev–Trinajstić information content (AvgIpc) is 2.60. The molecule has 0 radical (unpaired) electrons. The van der Waals surface area contributed by atoms with Crippen LogP contribution in [0.3, 0.4) is 0 Å². The number of ketones is 1. The fraction of sp³-hybridized carbons (Fsp3) is 0.850. The Balaban J connectivity index is 0. The Morgan fingerprint density at radius 3 is 2.35 bits per heavy atom. The number of nitrogens with one attached hydrogen (secondary N) is 2. The van der Waals surface area contributed by atoms with Gasteiger partial charge in [-0.2, -0.15) is 0 Å². The molecule has 1 saturated carbocycles. The molecule has 154 valence electrons. The lowest BCUT2D eigenvalue weighted by Crippen LogP contribution is -2.39. The normalized spacial score (nSPS) is 20.0. The predicted molar refractivity (Wildman–Crippen MR) is 106 cm³/mol. The van der Waals surface area contributed by atoms with Gasteiger partial charge in [-0.3, -0.25) is 14.4 Å². The molecular formula is C20H40N2O4. The number of rotatable bonds is 12. The molecule has 26 heavy (non-hydrogen) atoms. The maximum atomic E-state index is 11.9. The van der Waals surface area contributed by atoms with E-state index in [-0.39, 0.29) is 32.6 Å². The van der Waals surface area contributed by atoms with Gasteiger partial charge in [-0.05, 0) is 51.9 Å². The molecule has 0 atom stereocenters. The molecule has 0 aromatic carbocycles. The zero-order valence-corrected chi connectivity index (χ0v) is 16.6. The van der Waals surface area contributed by atoms with Crippen molar-refractivity contribution in [3.8, 4) is 0 Å². The van der Waals surface area contributed by atoms with E-state index in [9.17, 15) is 14.4 Å². The summed E-state index contributed by atoms with van der Waals surface area (Å²) in [7, 11) is 0. The van der Waals surface area contributed by atoms with E-state index in [0.29, 0.717) is 51.2 Å². The number of hydrogen-bond acceptors (Lipinski definition) is 4. The Hall–Kier alpha value is -1.43. The van der Waals surface area contributed by atoms with E-state index in [1.807, 2.05) is 20.8 Å². The van der Waals surface area contributed by atoms with E-state index in [1.54, 1.807) is 0 Å². The maximum Gasteiger partial charge on any atom is 0.222 e. The van der Waals surface area contributed by atoms with Crippen LogP contribution in [-0.4, -0.2) is 42.9 Å². The van der Waals surface area contributed by atoms with Crippen molar-refractivity contribution in [1.29, 1.82) is 0 Å². The number of carbonyl (C=O) groups is 3. The van der Waals surface area contributed by atoms with Gasteiger partial charge >= 0.3 is 0 Å². The van der Waals surface area contributed by atoms with Crippen LogP contribution in [0.15, 0.2) is 0 Å². The van der Waals surface area contributed by atoms with E-state index in [4.69, 9.17) is 4.74 Å². The zero-order valence-electron chi connectivity index (χ0n) is 16.6. The van der Waals surface area contributed by atoms with Crippen molar-refractivity contribution in [1.82, 2.24) is 10.6 Å². The highest BCUT2D eigenvalue weighted by Crippen LogP contribution is 2.23. The first kappa shape index (κ1) is 22.6. The van der Waals surface area contributed by atoms with Crippen LogP contribution in [0.5, 0.6) is 0 Å². The molecule has 2 N–H and O–H groups in total. The van der Waals surface area contributed by atoms with Gasteiger partial charge in [-0.15, -0.1) is 0 Å². The summed E-state index contributed by atoms with van der Waals surface area (Å²) in [6.45, 7) is 6.94. The number of Topliss-reactive ketones (excluding diaryl/α,β-unsaturated/α-hetero) is 1. The third-order valence-electron chi connectivity index (χ3n) is 4.83. The Labute approximate surface area is 160 Å². The minimum absolute atomic E-state index is 0. The van der Waals surface area contributed by atoms with Crippen molar-refractivity contribution in [2.45, 2.75) is 90.7 Å². The molecule has 1 rings (SSSR count). The monoisotopic (exact) mass is 372 g/mol. The lowest BCUT2D eigenvalue weighted by Gasteiger charge is -2.29. The van der Waals surface area contributed by atoms with Gasteiger partial charge in [0.2, 0.25) is 11.8 Å². The highest BCUT2D eigenvalue weighted by atomic mass is 16.5. The minimum atomic E-state index is 0. The van der Waals surface area contributed by atoms with Crippen LogP contribution < -0.4 is 10.6 Å². The first-order chi connectivity index (χ1) is 12.4. The second-order valence-electron chi connectivity index (χ2n) is 7.50. The van der Waals surface area contributed by atoms with Crippen LogP contribution in [0.25, 0.3) is 0 Å². The first-order valence-corrected chi connectivity index (χ1v) is 10.1. The van der Waals surface area contributed by atoms with Crippen LogP contribution in [0.1, 0.15) is 81.4 Å². The van der Waals surface area contributed by atoms with Crippen molar-refractivity contribution in [3.63, 3.8) is 0 Å². The molecule has 0 unspecified atom stereocenters. The molecule has 6 nitrogen and oxygen atoms in total. The van der Waals surface area contributed by atoms with E-state index >= 15 is 0 Å². The number of hydrogen-bond donors (Lipinski definition) is 2. The molecular weight excluding hydrogens is 332 g/mol. The van der Waals surface area contributed by atoms with Crippen molar-refractivity contribution in [3.05, 3.63) is 0 Å². The molecule has 0 aromatic heterocycles. The van der Waals surface area contributed by atoms with Gasteiger partial charge in [0.05, 0.1) is 12.7 Å². The van der Waals surface area contributed by atoms with Crippen LogP contribution in [0, 0.1) is 5.92 Å². The second kappa shape index (κ2) is 12.8.